The first kappa shape index (κ1) is 32.5. The summed E-state index contributed by atoms with van der Waals surface area (Å²) in [6, 6.07) is 3.81. The van der Waals surface area contributed by atoms with Gasteiger partial charge >= 0.3 is 19.1 Å². The minimum atomic E-state index is -1.04. The number of likely N-dealkylation sites (tertiary alicyclic amines) is 1. The molecule has 2 aromatic rings. The SMILES string of the molecule is Cc1c(CCB2O[C@@H]3C[C@@H]4C[C@@H](C4(C)C)[C@]3(C)O2)ccc(OC2CN(C(=O)Cc3cn(CC(=O)O)nn3)C2)c1C(=O)OC(C)(C)C. The Morgan fingerprint density at radius 1 is 1.15 bits per heavy atom. The van der Waals surface area contributed by atoms with Crippen LogP contribution < -0.4 is 4.74 Å². The molecule has 1 amide bonds. The van der Waals surface area contributed by atoms with E-state index in [0.29, 0.717) is 54.7 Å². The third kappa shape index (κ3) is 6.15. The average molecular weight is 637 g/mol. The number of carbonyl (C=O) groups is 3. The molecule has 4 atom stereocenters. The van der Waals surface area contributed by atoms with Gasteiger partial charge in [-0.05, 0) is 94.6 Å². The van der Waals surface area contributed by atoms with Crippen LogP contribution >= 0.6 is 0 Å². The summed E-state index contributed by atoms with van der Waals surface area (Å²) in [6.45, 7) is 14.7. The second-order valence-electron chi connectivity index (χ2n) is 15.2. The van der Waals surface area contributed by atoms with Crippen molar-refractivity contribution in [3.63, 3.8) is 0 Å². The van der Waals surface area contributed by atoms with Gasteiger partial charge in [0.05, 0.1) is 36.9 Å². The molecule has 5 aliphatic rings. The highest BCUT2D eigenvalue weighted by molar-refractivity contribution is 6.45. The average Bonchev–Trinajstić information content (AvgIpc) is 3.50. The van der Waals surface area contributed by atoms with Gasteiger partial charge in [0.2, 0.25) is 5.91 Å². The highest BCUT2D eigenvalue weighted by Crippen LogP contribution is 2.65. The summed E-state index contributed by atoms with van der Waals surface area (Å²) in [6.07, 6.45) is 4.91. The van der Waals surface area contributed by atoms with Gasteiger partial charge in [-0.3, -0.25) is 9.59 Å². The number of nitrogens with zero attached hydrogens (tertiary/aromatic N) is 4. The summed E-state index contributed by atoms with van der Waals surface area (Å²) >= 11 is 0. The lowest BCUT2D eigenvalue weighted by Gasteiger charge is -2.64. The number of rotatable bonds is 10. The molecular weight excluding hydrogens is 591 g/mol. The summed E-state index contributed by atoms with van der Waals surface area (Å²) in [7, 11) is -0.286. The number of aliphatic carboxylic acids is 1. The number of hydrogen-bond acceptors (Lipinski definition) is 9. The molecular formula is C33H45BN4O8. The summed E-state index contributed by atoms with van der Waals surface area (Å²) in [5.74, 6) is -0.0264. The maximum Gasteiger partial charge on any atom is 0.457 e. The van der Waals surface area contributed by atoms with Crippen LogP contribution in [0.3, 0.4) is 0 Å². The Morgan fingerprint density at radius 3 is 2.57 bits per heavy atom. The van der Waals surface area contributed by atoms with Gasteiger partial charge in [0.15, 0.2) is 0 Å². The van der Waals surface area contributed by atoms with E-state index in [1.54, 1.807) is 4.90 Å². The minimum absolute atomic E-state index is 0.0105. The third-order valence-electron chi connectivity index (χ3n) is 10.5. The Hall–Kier alpha value is -3.45. The van der Waals surface area contributed by atoms with Crippen molar-refractivity contribution in [2.24, 2.45) is 17.3 Å². The molecule has 12 nitrogen and oxygen atoms in total. The molecule has 0 unspecified atom stereocenters. The molecule has 5 fully saturated rings. The zero-order chi connectivity index (χ0) is 33.2. The second kappa shape index (κ2) is 11.7. The van der Waals surface area contributed by atoms with Gasteiger partial charge in [-0.15, -0.1) is 5.10 Å². The number of aryl methyl sites for hydroxylation is 1. The van der Waals surface area contributed by atoms with Crippen molar-refractivity contribution >= 4 is 25.0 Å². The Morgan fingerprint density at radius 2 is 1.89 bits per heavy atom. The Kier molecular flexibility index (Phi) is 8.24. The van der Waals surface area contributed by atoms with Crippen LogP contribution in [0.15, 0.2) is 18.3 Å². The van der Waals surface area contributed by atoms with Crippen LogP contribution in [0.4, 0.5) is 0 Å². The summed E-state index contributed by atoms with van der Waals surface area (Å²) in [5.41, 5.74) is 1.94. The molecule has 0 radical (unpaired) electrons. The molecule has 13 heteroatoms. The van der Waals surface area contributed by atoms with Crippen LogP contribution in [0.1, 0.15) is 81.6 Å². The van der Waals surface area contributed by atoms with E-state index in [9.17, 15) is 14.4 Å². The van der Waals surface area contributed by atoms with E-state index in [2.05, 4.69) is 31.1 Å². The zero-order valence-corrected chi connectivity index (χ0v) is 27.9. The van der Waals surface area contributed by atoms with Crippen molar-refractivity contribution in [2.45, 2.75) is 110 Å². The van der Waals surface area contributed by atoms with E-state index < -0.39 is 17.5 Å². The van der Waals surface area contributed by atoms with E-state index in [4.69, 9.17) is 23.9 Å². The standard InChI is InChI=1S/C33H45BN4O8/c1-19-20(10-11-34-45-26-13-21-12-25(32(21,5)6)33(26,7)46-34)8-9-24(29(19)30(42)44-31(2,3)4)43-23-16-37(17-23)27(39)14-22-15-38(36-35-22)18-28(40)41/h8-9,15,21,23,25-26H,10-14,16-18H2,1-7H3,(H,40,41)/t21-,25-,26+,33-/m0/s1. The quantitative estimate of drug-likeness (QED) is 0.303. The topological polar surface area (TPSA) is 142 Å². The van der Waals surface area contributed by atoms with Crippen molar-refractivity contribution in [3.8, 4) is 5.75 Å². The molecule has 1 aromatic heterocycles. The van der Waals surface area contributed by atoms with Crippen LogP contribution in [0.25, 0.3) is 0 Å². The number of carboxylic acid groups (broad SMARTS) is 1. The molecule has 3 heterocycles. The van der Waals surface area contributed by atoms with E-state index in [-0.39, 0.29) is 49.2 Å². The van der Waals surface area contributed by atoms with Gasteiger partial charge < -0.3 is 28.8 Å². The Balaban J connectivity index is 1.09. The summed E-state index contributed by atoms with van der Waals surface area (Å²) in [4.78, 5) is 38.8. The second-order valence-corrected chi connectivity index (χ2v) is 15.2. The summed E-state index contributed by atoms with van der Waals surface area (Å²) < 4.78 is 26.3. The van der Waals surface area contributed by atoms with E-state index >= 15 is 0 Å². The Bertz CT molecular complexity index is 1530. The number of benzene rings is 1. The lowest BCUT2D eigenvalue weighted by atomic mass is 9.43. The van der Waals surface area contributed by atoms with Gasteiger partial charge in [-0.25, -0.2) is 9.48 Å². The van der Waals surface area contributed by atoms with Gasteiger partial charge in [0, 0.05) is 6.20 Å². The van der Waals surface area contributed by atoms with Gasteiger partial charge in [0.1, 0.15) is 29.6 Å². The third-order valence-corrected chi connectivity index (χ3v) is 10.5. The molecule has 7 rings (SSSR count). The Labute approximate surface area is 270 Å². The van der Waals surface area contributed by atoms with Gasteiger partial charge in [-0.2, -0.15) is 0 Å². The molecule has 2 aliphatic heterocycles. The normalized spacial score (nSPS) is 26.6. The predicted octanol–water partition coefficient (Wildman–Crippen LogP) is 3.73. The fourth-order valence-corrected chi connectivity index (χ4v) is 7.83. The van der Waals surface area contributed by atoms with Crippen molar-refractivity contribution in [2.75, 3.05) is 13.1 Å². The molecule has 1 aromatic carbocycles. The first-order chi connectivity index (χ1) is 21.5. The number of amides is 1. The van der Waals surface area contributed by atoms with Crippen LogP contribution in [-0.2, 0) is 43.0 Å². The highest BCUT2D eigenvalue weighted by Gasteiger charge is 2.67. The number of aromatic nitrogens is 3. The summed E-state index contributed by atoms with van der Waals surface area (Å²) in [5, 5.41) is 16.5. The number of carboxylic acids is 1. The van der Waals surface area contributed by atoms with Crippen LogP contribution in [0, 0.1) is 24.2 Å². The van der Waals surface area contributed by atoms with Crippen LogP contribution in [0.5, 0.6) is 5.75 Å². The number of esters is 1. The monoisotopic (exact) mass is 636 g/mol. The first-order valence-electron chi connectivity index (χ1n) is 16.3. The van der Waals surface area contributed by atoms with Crippen molar-refractivity contribution in [3.05, 3.63) is 40.7 Å². The molecule has 3 aliphatic carbocycles. The number of ether oxygens (including phenoxy) is 2. The smallest absolute Gasteiger partial charge is 0.457 e. The fraction of sp³-hybridized carbons (Fsp3) is 0.667. The highest BCUT2D eigenvalue weighted by atomic mass is 16.7. The van der Waals surface area contributed by atoms with E-state index in [1.165, 1.54) is 17.3 Å². The zero-order valence-electron chi connectivity index (χ0n) is 27.9. The lowest BCUT2D eigenvalue weighted by molar-refractivity contribution is -0.199. The minimum Gasteiger partial charge on any atom is -0.486 e. The van der Waals surface area contributed by atoms with Gasteiger partial charge in [-0.1, -0.05) is 25.1 Å². The lowest BCUT2D eigenvalue weighted by Crippen LogP contribution is -2.65. The fourth-order valence-electron chi connectivity index (χ4n) is 7.83. The molecule has 2 bridgehead atoms. The molecule has 248 valence electrons. The molecule has 1 N–H and O–H groups in total. The van der Waals surface area contributed by atoms with Crippen LogP contribution in [0.2, 0.25) is 6.32 Å². The maximum absolute atomic E-state index is 13.5. The molecule has 2 saturated heterocycles. The maximum atomic E-state index is 13.5. The van der Waals surface area contributed by atoms with Crippen LogP contribution in [-0.4, -0.2) is 86.5 Å². The first-order valence-corrected chi connectivity index (χ1v) is 16.3. The van der Waals surface area contributed by atoms with Crippen molar-refractivity contribution in [1.29, 1.82) is 0 Å². The number of carbonyl (C=O) groups excluding carboxylic acids is 2. The van der Waals surface area contributed by atoms with Gasteiger partial charge in [0.25, 0.3) is 0 Å². The van der Waals surface area contributed by atoms with Crippen molar-refractivity contribution in [1.82, 2.24) is 19.9 Å². The van der Waals surface area contributed by atoms with Crippen molar-refractivity contribution < 1.29 is 38.3 Å². The van der Waals surface area contributed by atoms with E-state index in [1.807, 2.05) is 39.8 Å². The number of hydrogen-bond donors (Lipinski definition) is 1. The predicted molar refractivity (Wildman–Crippen MR) is 167 cm³/mol. The molecule has 0 spiro atoms. The molecule has 46 heavy (non-hydrogen) atoms. The molecule has 3 saturated carbocycles. The largest absolute Gasteiger partial charge is 0.486 e. The van der Waals surface area contributed by atoms with E-state index in [0.717, 1.165) is 17.5 Å².